The van der Waals surface area contributed by atoms with Crippen molar-refractivity contribution in [3.05, 3.63) is 68.9 Å². The van der Waals surface area contributed by atoms with Crippen LogP contribution >= 0.6 is 27.5 Å². The first-order valence-corrected chi connectivity index (χ1v) is 7.62. The third-order valence-corrected chi connectivity index (χ3v) is 4.44. The van der Waals surface area contributed by atoms with Crippen LogP contribution in [0.5, 0.6) is 0 Å². The van der Waals surface area contributed by atoms with Gasteiger partial charge in [-0.05, 0) is 36.7 Å². The number of rotatable bonds is 5. The lowest BCUT2D eigenvalue weighted by atomic mass is 9.92. The Bertz CT molecular complexity index is 588. The van der Waals surface area contributed by atoms with E-state index < -0.39 is 0 Å². The van der Waals surface area contributed by atoms with Gasteiger partial charge in [-0.15, -0.1) is 0 Å². The Labute approximate surface area is 132 Å². The van der Waals surface area contributed by atoms with E-state index in [1.165, 1.54) is 11.6 Å². The van der Waals surface area contributed by atoms with Crippen LogP contribution in [0, 0.1) is 5.82 Å². The Morgan fingerprint density at radius 1 is 1.20 bits per heavy atom. The minimum absolute atomic E-state index is 0.223. The quantitative estimate of drug-likeness (QED) is 0.812. The average molecular weight is 357 g/mol. The molecule has 0 radical (unpaired) electrons. The van der Waals surface area contributed by atoms with Crippen LogP contribution in [-0.2, 0) is 6.42 Å². The normalized spacial score (nSPS) is 12.4. The van der Waals surface area contributed by atoms with E-state index in [0.29, 0.717) is 6.42 Å². The Kier molecular flexibility index (Phi) is 5.58. The summed E-state index contributed by atoms with van der Waals surface area (Å²) in [7, 11) is 1.91. The molecular formula is C16H16BrClFN. The predicted molar refractivity (Wildman–Crippen MR) is 85.9 cm³/mol. The lowest BCUT2D eigenvalue weighted by Crippen LogP contribution is -2.19. The minimum Gasteiger partial charge on any atom is -0.319 e. The largest absolute Gasteiger partial charge is 0.319 e. The highest BCUT2D eigenvalue weighted by molar-refractivity contribution is 9.10. The molecule has 20 heavy (non-hydrogen) atoms. The fraction of sp³-hybridized carbons (Fsp3) is 0.250. The zero-order valence-electron chi connectivity index (χ0n) is 11.2. The number of benzene rings is 2. The van der Waals surface area contributed by atoms with E-state index in [1.807, 2.05) is 31.3 Å². The summed E-state index contributed by atoms with van der Waals surface area (Å²) in [5.74, 6) is -0.130. The zero-order valence-corrected chi connectivity index (χ0v) is 13.5. The number of nitrogens with one attached hydrogen (secondary N) is 1. The van der Waals surface area contributed by atoms with E-state index in [0.717, 1.165) is 16.6 Å². The van der Waals surface area contributed by atoms with Gasteiger partial charge in [0.25, 0.3) is 0 Å². The highest BCUT2D eigenvalue weighted by Crippen LogP contribution is 2.30. The van der Waals surface area contributed by atoms with Gasteiger partial charge in [-0.1, -0.05) is 57.9 Å². The fourth-order valence-electron chi connectivity index (χ4n) is 2.32. The summed E-state index contributed by atoms with van der Waals surface area (Å²) < 4.78 is 14.6. The number of hydrogen-bond acceptors (Lipinski definition) is 1. The number of likely N-dealkylation sites (N-methyl/N-ethyl adjacent to an activating group) is 1. The van der Waals surface area contributed by atoms with Crippen molar-refractivity contribution in [1.82, 2.24) is 5.32 Å². The Hall–Kier alpha value is -0.900. The third-order valence-electron chi connectivity index (χ3n) is 3.29. The van der Waals surface area contributed by atoms with Crippen molar-refractivity contribution in [2.24, 2.45) is 0 Å². The van der Waals surface area contributed by atoms with Crippen molar-refractivity contribution in [1.29, 1.82) is 0 Å². The Morgan fingerprint density at radius 3 is 2.65 bits per heavy atom. The second-order valence-corrected chi connectivity index (χ2v) is 5.93. The summed E-state index contributed by atoms with van der Waals surface area (Å²) in [4.78, 5) is 0. The summed E-state index contributed by atoms with van der Waals surface area (Å²) >= 11 is 9.64. The molecule has 0 spiro atoms. The molecule has 1 atom stereocenters. The molecule has 0 saturated carbocycles. The predicted octanol–water partition coefficient (Wildman–Crippen LogP) is 4.79. The van der Waals surface area contributed by atoms with Crippen LogP contribution in [0.2, 0.25) is 5.02 Å². The van der Waals surface area contributed by atoms with Gasteiger partial charge in [0.05, 0.1) is 5.02 Å². The minimum atomic E-state index is -0.362. The first-order chi connectivity index (χ1) is 9.63. The van der Waals surface area contributed by atoms with Gasteiger partial charge in [-0.25, -0.2) is 4.39 Å². The van der Waals surface area contributed by atoms with Gasteiger partial charge in [0.2, 0.25) is 0 Å². The van der Waals surface area contributed by atoms with Crippen LogP contribution in [-0.4, -0.2) is 13.6 Å². The maximum absolute atomic E-state index is 13.5. The Morgan fingerprint density at radius 2 is 1.95 bits per heavy atom. The van der Waals surface area contributed by atoms with Gasteiger partial charge in [0.1, 0.15) is 5.82 Å². The number of hydrogen-bond donors (Lipinski definition) is 1. The maximum atomic E-state index is 13.5. The van der Waals surface area contributed by atoms with E-state index in [2.05, 4.69) is 27.3 Å². The smallest absolute Gasteiger partial charge is 0.142 e. The molecule has 0 bridgehead atoms. The molecular weight excluding hydrogens is 341 g/mol. The van der Waals surface area contributed by atoms with Crippen molar-refractivity contribution >= 4 is 27.5 Å². The first-order valence-electron chi connectivity index (χ1n) is 6.45. The third kappa shape index (κ3) is 3.60. The summed E-state index contributed by atoms with van der Waals surface area (Å²) in [6.45, 7) is 0.801. The second kappa shape index (κ2) is 7.21. The molecule has 2 aromatic rings. The van der Waals surface area contributed by atoms with Gasteiger partial charge >= 0.3 is 0 Å². The summed E-state index contributed by atoms with van der Waals surface area (Å²) in [5.41, 5.74) is 2.03. The topological polar surface area (TPSA) is 12.0 Å². The van der Waals surface area contributed by atoms with Gasteiger partial charge in [-0.3, -0.25) is 0 Å². The molecule has 0 aliphatic heterocycles. The molecule has 0 aliphatic rings. The van der Waals surface area contributed by atoms with Crippen LogP contribution in [0.15, 0.2) is 46.9 Å². The van der Waals surface area contributed by atoms with E-state index in [4.69, 9.17) is 11.6 Å². The lowest BCUT2D eigenvalue weighted by Gasteiger charge is -2.19. The van der Waals surface area contributed by atoms with Crippen LogP contribution in [0.1, 0.15) is 17.0 Å². The van der Waals surface area contributed by atoms with Gasteiger partial charge in [0.15, 0.2) is 0 Å². The molecule has 0 aromatic heterocycles. The van der Waals surface area contributed by atoms with Crippen molar-refractivity contribution in [3.8, 4) is 0 Å². The highest BCUT2D eigenvalue weighted by Gasteiger charge is 2.17. The van der Waals surface area contributed by atoms with Crippen LogP contribution in [0.4, 0.5) is 4.39 Å². The fourth-order valence-corrected chi connectivity index (χ4v) is 3.13. The molecule has 0 amide bonds. The van der Waals surface area contributed by atoms with Crippen LogP contribution in [0.3, 0.4) is 0 Å². The van der Waals surface area contributed by atoms with Crippen molar-refractivity contribution in [3.63, 3.8) is 0 Å². The van der Waals surface area contributed by atoms with Crippen LogP contribution < -0.4 is 5.32 Å². The van der Waals surface area contributed by atoms with Crippen LogP contribution in [0.25, 0.3) is 0 Å². The molecule has 1 N–H and O–H groups in total. The monoisotopic (exact) mass is 355 g/mol. The molecule has 1 nitrogen and oxygen atoms in total. The molecule has 1 unspecified atom stereocenters. The molecule has 2 aromatic carbocycles. The second-order valence-electron chi connectivity index (χ2n) is 4.69. The Balaban J connectivity index is 2.31. The molecule has 4 heteroatoms. The van der Waals surface area contributed by atoms with E-state index >= 15 is 0 Å². The summed E-state index contributed by atoms with van der Waals surface area (Å²) in [6.07, 6.45) is 0.694. The molecule has 0 aliphatic carbocycles. The standard InChI is InChI=1S/C16H16BrClFN/c1-20-10-12(13-6-2-3-7-14(13)17)9-11-5-4-8-15(19)16(11)18/h2-8,12,20H,9-10H2,1H3. The summed E-state index contributed by atoms with van der Waals surface area (Å²) in [5, 5.41) is 3.41. The molecule has 106 valence electrons. The lowest BCUT2D eigenvalue weighted by molar-refractivity contribution is 0.607. The average Bonchev–Trinajstić information content (AvgIpc) is 2.44. The van der Waals surface area contributed by atoms with Gasteiger partial charge < -0.3 is 5.32 Å². The molecule has 0 heterocycles. The first kappa shape index (κ1) is 15.5. The maximum Gasteiger partial charge on any atom is 0.142 e. The summed E-state index contributed by atoms with van der Waals surface area (Å²) in [6, 6.07) is 13.1. The number of halogens is 3. The van der Waals surface area contributed by atoms with E-state index in [9.17, 15) is 4.39 Å². The SMILES string of the molecule is CNCC(Cc1cccc(F)c1Cl)c1ccccc1Br. The zero-order chi connectivity index (χ0) is 14.5. The van der Waals surface area contributed by atoms with Crippen molar-refractivity contribution < 1.29 is 4.39 Å². The van der Waals surface area contributed by atoms with Gasteiger partial charge in [-0.2, -0.15) is 0 Å². The molecule has 2 rings (SSSR count). The van der Waals surface area contributed by atoms with Crippen molar-refractivity contribution in [2.45, 2.75) is 12.3 Å². The highest BCUT2D eigenvalue weighted by atomic mass is 79.9. The van der Waals surface area contributed by atoms with Gasteiger partial charge in [0, 0.05) is 16.9 Å². The molecule has 0 fully saturated rings. The van der Waals surface area contributed by atoms with Crippen molar-refractivity contribution in [2.75, 3.05) is 13.6 Å². The molecule has 0 saturated heterocycles. The van der Waals surface area contributed by atoms with E-state index in [1.54, 1.807) is 6.07 Å². The van der Waals surface area contributed by atoms with E-state index in [-0.39, 0.29) is 16.8 Å².